The van der Waals surface area contributed by atoms with Crippen LogP contribution in [0.3, 0.4) is 0 Å². The largest absolute Gasteiger partial charge is 0.496 e. The molecule has 4 heteroatoms. The molecule has 1 rings (SSSR count). The zero-order valence-electron chi connectivity index (χ0n) is 10.6. The van der Waals surface area contributed by atoms with Crippen molar-refractivity contribution in [2.45, 2.75) is 19.4 Å². The molecule has 17 heavy (non-hydrogen) atoms. The van der Waals surface area contributed by atoms with Gasteiger partial charge in [0.15, 0.2) is 0 Å². The Morgan fingerprint density at radius 3 is 2.76 bits per heavy atom. The summed E-state index contributed by atoms with van der Waals surface area (Å²) in [4.78, 5) is 0. The standard InChI is InChI=1S/C13H20N2O2/c1-4-12(10-16)15(2)14-9-11-7-5-6-8-13(11)17-3/h5-9,12,16H,4,10H2,1-3H3/b14-9+/t12-/m1/s1. The first-order chi connectivity index (χ1) is 8.22. The van der Waals surface area contributed by atoms with E-state index in [1.807, 2.05) is 38.2 Å². The van der Waals surface area contributed by atoms with Gasteiger partial charge < -0.3 is 9.84 Å². The molecule has 1 aromatic carbocycles. The van der Waals surface area contributed by atoms with E-state index in [1.165, 1.54) is 0 Å². The van der Waals surface area contributed by atoms with Gasteiger partial charge in [-0.25, -0.2) is 0 Å². The molecule has 0 aliphatic carbocycles. The van der Waals surface area contributed by atoms with E-state index in [4.69, 9.17) is 9.84 Å². The Morgan fingerprint density at radius 2 is 2.18 bits per heavy atom. The van der Waals surface area contributed by atoms with Gasteiger partial charge in [0.25, 0.3) is 0 Å². The maximum absolute atomic E-state index is 9.15. The van der Waals surface area contributed by atoms with E-state index < -0.39 is 0 Å². The Labute approximate surface area is 103 Å². The van der Waals surface area contributed by atoms with Gasteiger partial charge >= 0.3 is 0 Å². The number of nitrogens with zero attached hydrogens (tertiary/aromatic N) is 2. The van der Waals surface area contributed by atoms with Gasteiger partial charge in [0.05, 0.1) is 26.0 Å². The summed E-state index contributed by atoms with van der Waals surface area (Å²) in [6, 6.07) is 7.75. The quantitative estimate of drug-likeness (QED) is 0.604. The summed E-state index contributed by atoms with van der Waals surface area (Å²) in [6.45, 7) is 2.13. The maximum Gasteiger partial charge on any atom is 0.127 e. The molecule has 94 valence electrons. The second-order valence-electron chi connectivity index (χ2n) is 3.80. The lowest BCUT2D eigenvalue weighted by atomic mass is 10.2. The molecule has 0 radical (unpaired) electrons. The van der Waals surface area contributed by atoms with E-state index in [0.29, 0.717) is 0 Å². The molecule has 0 saturated carbocycles. The first kappa shape index (κ1) is 13.5. The van der Waals surface area contributed by atoms with Crippen LogP contribution in [0, 0.1) is 0 Å². The lowest BCUT2D eigenvalue weighted by molar-refractivity contribution is 0.148. The third-order valence-corrected chi connectivity index (χ3v) is 2.73. The highest BCUT2D eigenvalue weighted by Gasteiger charge is 2.08. The SMILES string of the molecule is CC[C@H](CO)N(C)/N=C/c1ccccc1OC. The summed E-state index contributed by atoms with van der Waals surface area (Å²) < 4.78 is 5.23. The third-order valence-electron chi connectivity index (χ3n) is 2.73. The molecule has 1 atom stereocenters. The third kappa shape index (κ3) is 3.75. The highest BCUT2D eigenvalue weighted by atomic mass is 16.5. The molecular weight excluding hydrogens is 216 g/mol. The topological polar surface area (TPSA) is 45.1 Å². The van der Waals surface area contributed by atoms with Gasteiger partial charge in [0, 0.05) is 12.6 Å². The van der Waals surface area contributed by atoms with E-state index >= 15 is 0 Å². The van der Waals surface area contributed by atoms with Crippen LogP contribution >= 0.6 is 0 Å². The molecule has 0 bridgehead atoms. The minimum Gasteiger partial charge on any atom is -0.496 e. The Kier molecular flexibility index (Phi) is 5.49. The summed E-state index contributed by atoms with van der Waals surface area (Å²) in [5.74, 6) is 0.793. The van der Waals surface area contributed by atoms with E-state index in [0.717, 1.165) is 17.7 Å². The van der Waals surface area contributed by atoms with Crippen LogP contribution in [0.1, 0.15) is 18.9 Å². The number of hydrogen-bond acceptors (Lipinski definition) is 4. The van der Waals surface area contributed by atoms with Crippen LogP contribution in [0.25, 0.3) is 0 Å². The first-order valence-corrected chi connectivity index (χ1v) is 5.73. The van der Waals surface area contributed by atoms with Gasteiger partial charge in [-0.05, 0) is 18.6 Å². The van der Waals surface area contributed by atoms with Crippen LogP contribution in [-0.4, -0.2) is 43.1 Å². The molecule has 0 unspecified atom stereocenters. The van der Waals surface area contributed by atoms with Crippen LogP contribution in [0.4, 0.5) is 0 Å². The Balaban J connectivity index is 2.75. The second kappa shape index (κ2) is 6.91. The monoisotopic (exact) mass is 236 g/mol. The number of likely N-dealkylation sites (N-methyl/N-ethyl adjacent to an activating group) is 1. The molecule has 0 saturated heterocycles. The molecule has 0 fully saturated rings. The molecule has 0 aliphatic heterocycles. The molecule has 0 aliphatic rings. The van der Waals surface area contributed by atoms with Crippen LogP contribution in [0.15, 0.2) is 29.4 Å². The molecule has 4 nitrogen and oxygen atoms in total. The van der Waals surface area contributed by atoms with Crippen molar-refractivity contribution in [2.75, 3.05) is 20.8 Å². The number of para-hydroxylation sites is 1. The number of aliphatic hydroxyl groups is 1. The average Bonchev–Trinajstić information content (AvgIpc) is 2.38. The molecular formula is C13H20N2O2. The summed E-state index contributed by atoms with van der Waals surface area (Å²) >= 11 is 0. The van der Waals surface area contributed by atoms with Crippen molar-refractivity contribution in [3.8, 4) is 5.75 Å². The number of aliphatic hydroxyl groups excluding tert-OH is 1. The van der Waals surface area contributed by atoms with E-state index in [9.17, 15) is 0 Å². The van der Waals surface area contributed by atoms with Crippen LogP contribution in [0.2, 0.25) is 0 Å². The van der Waals surface area contributed by atoms with E-state index in [-0.39, 0.29) is 12.6 Å². The number of hydrogen-bond donors (Lipinski definition) is 1. The minimum atomic E-state index is 0.0564. The fraction of sp³-hybridized carbons (Fsp3) is 0.462. The zero-order chi connectivity index (χ0) is 12.7. The van der Waals surface area contributed by atoms with Gasteiger partial charge in [-0.2, -0.15) is 5.10 Å². The highest BCUT2D eigenvalue weighted by molar-refractivity contribution is 5.83. The second-order valence-corrected chi connectivity index (χ2v) is 3.80. The predicted molar refractivity (Wildman–Crippen MR) is 69.5 cm³/mol. The number of benzene rings is 1. The molecule has 1 aromatic rings. The van der Waals surface area contributed by atoms with Gasteiger partial charge in [-0.1, -0.05) is 19.1 Å². The van der Waals surface area contributed by atoms with Crippen molar-refractivity contribution in [1.29, 1.82) is 0 Å². The number of methoxy groups -OCH3 is 1. The lowest BCUT2D eigenvalue weighted by Crippen LogP contribution is -2.29. The Hall–Kier alpha value is -1.55. The van der Waals surface area contributed by atoms with Gasteiger partial charge in [-0.3, -0.25) is 5.01 Å². The predicted octanol–water partition coefficient (Wildman–Crippen LogP) is 1.73. The molecule has 1 N–H and O–H groups in total. The fourth-order valence-electron chi connectivity index (χ4n) is 1.53. The van der Waals surface area contributed by atoms with Crippen molar-refractivity contribution in [3.05, 3.63) is 29.8 Å². The Morgan fingerprint density at radius 1 is 1.47 bits per heavy atom. The molecule has 0 amide bonds. The number of hydrazone groups is 1. The smallest absolute Gasteiger partial charge is 0.127 e. The highest BCUT2D eigenvalue weighted by Crippen LogP contribution is 2.15. The van der Waals surface area contributed by atoms with Crippen molar-refractivity contribution in [3.63, 3.8) is 0 Å². The fourth-order valence-corrected chi connectivity index (χ4v) is 1.53. The molecule has 0 heterocycles. The average molecular weight is 236 g/mol. The van der Waals surface area contributed by atoms with E-state index in [1.54, 1.807) is 18.3 Å². The normalized spacial score (nSPS) is 12.7. The van der Waals surface area contributed by atoms with Crippen molar-refractivity contribution < 1.29 is 9.84 Å². The van der Waals surface area contributed by atoms with Gasteiger partial charge in [-0.15, -0.1) is 0 Å². The summed E-state index contributed by atoms with van der Waals surface area (Å²) in [5, 5.41) is 15.2. The van der Waals surface area contributed by atoms with Crippen LogP contribution < -0.4 is 4.74 Å². The maximum atomic E-state index is 9.15. The minimum absolute atomic E-state index is 0.0564. The first-order valence-electron chi connectivity index (χ1n) is 5.73. The zero-order valence-corrected chi connectivity index (χ0v) is 10.6. The molecule has 0 spiro atoms. The lowest BCUT2D eigenvalue weighted by Gasteiger charge is -2.22. The van der Waals surface area contributed by atoms with Crippen LogP contribution in [0.5, 0.6) is 5.75 Å². The van der Waals surface area contributed by atoms with Crippen molar-refractivity contribution in [2.24, 2.45) is 5.10 Å². The number of rotatable bonds is 6. The number of ether oxygens (including phenoxy) is 1. The summed E-state index contributed by atoms with van der Waals surface area (Å²) in [5.41, 5.74) is 0.926. The Bertz CT molecular complexity index is 362. The molecule has 0 aromatic heterocycles. The van der Waals surface area contributed by atoms with Gasteiger partial charge in [0.1, 0.15) is 5.75 Å². The van der Waals surface area contributed by atoms with Crippen LogP contribution in [-0.2, 0) is 0 Å². The van der Waals surface area contributed by atoms with E-state index in [2.05, 4.69) is 5.10 Å². The van der Waals surface area contributed by atoms with Crippen molar-refractivity contribution >= 4 is 6.21 Å². The summed E-state index contributed by atoms with van der Waals surface area (Å²) in [7, 11) is 3.50. The summed E-state index contributed by atoms with van der Waals surface area (Å²) in [6.07, 6.45) is 2.60. The van der Waals surface area contributed by atoms with Crippen molar-refractivity contribution in [1.82, 2.24) is 5.01 Å². The van der Waals surface area contributed by atoms with Gasteiger partial charge in [0.2, 0.25) is 0 Å².